The Morgan fingerprint density at radius 3 is 2.74 bits per heavy atom. The van der Waals surface area contributed by atoms with E-state index in [-0.39, 0.29) is 12.2 Å². The highest BCUT2D eigenvalue weighted by Crippen LogP contribution is 2.22. The van der Waals surface area contributed by atoms with E-state index in [4.69, 9.17) is 10.2 Å². The topological polar surface area (TPSA) is 76.5 Å². The molecule has 0 bridgehead atoms. The summed E-state index contributed by atoms with van der Waals surface area (Å²) in [6.45, 7) is 0.0903. The van der Waals surface area contributed by atoms with Crippen LogP contribution < -0.4 is 5.73 Å². The number of furan rings is 1. The molecular weight excluding hydrogens is 271 g/mol. The maximum atomic E-state index is 13.6. The van der Waals surface area contributed by atoms with Crippen molar-refractivity contribution in [3.05, 3.63) is 48.2 Å². The number of sulfonamides is 1. The summed E-state index contributed by atoms with van der Waals surface area (Å²) in [5.41, 5.74) is 6.36. The van der Waals surface area contributed by atoms with Crippen molar-refractivity contribution in [3.63, 3.8) is 0 Å². The molecule has 0 aliphatic rings. The second-order valence-electron chi connectivity index (χ2n) is 4.08. The van der Waals surface area contributed by atoms with Gasteiger partial charge < -0.3 is 10.2 Å². The Bertz CT molecular complexity index is 668. The fraction of sp³-hybridized carbons (Fsp3) is 0.167. The van der Waals surface area contributed by atoms with Crippen LogP contribution in [0, 0.1) is 5.82 Å². The molecule has 0 atom stereocenters. The van der Waals surface area contributed by atoms with Crippen molar-refractivity contribution in [2.24, 2.45) is 0 Å². The van der Waals surface area contributed by atoms with Gasteiger partial charge in [0.25, 0.3) is 0 Å². The predicted octanol–water partition coefficient (Wildman–Crippen LogP) is 1.82. The molecule has 0 radical (unpaired) electrons. The summed E-state index contributed by atoms with van der Waals surface area (Å²) in [6, 6.07) is 5.09. The van der Waals surface area contributed by atoms with Crippen molar-refractivity contribution >= 4 is 15.7 Å². The number of nitrogens with two attached hydrogens (primary N) is 1. The molecule has 1 aromatic heterocycles. The third-order valence-electron chi connectivity index (χ3n) is 2.63. The highest BCUT2D eigenvalue weighted by Gasteiger charge is 2.25. The summed E-state index contributed by atoms with van der Waals surface area (Å²) < 4.78 is 44.0. The summed E-state index contributed by atoms with van der Waals surface area (Å²) in [6.07, 6.45) is 2.87. The molecule has 0 unspecified atom stereocenters. The van der Waals surface area contributed by atoms with Gasteiger partial charge in [0.2, 0.25) is 10.0 Å². The van der Waals surface area contributed by atoms with E-state index in [1.807, 2.05) is 0 Å². The van der Waals surface area contributed by atoms with Crippen LogP contribution in [0.1, 0.15) is 5.56 Å². The van der Waals surface area contributed by atoms with E-state index in [2.05, 4.69) is 0 Å². The first kappa shape index (κ1) is 13.6. The van der Waals surface area contributed by atoms with E-state index >= 15 is 0 Å². The zero-order chi connectivity index (χ0) is 14.0. The lowest BCUT2D eigenvalue weighted by Crippen LogP contribution is -2.27. The largest absolute Gasteiger partial charge is 0.472 e. The second kappa shape index (κ2) is 5.02. The van der Waals surface area contributed by atoms with Crippen molar-refractivity contribution in [2.75, 3.05) is 12.8 Å². The van der Waals surface area contributed by atoms with E-state index < -0.39 is 20.7 Å². The number of benzene rings is 1. The smallest absolute Gasteiger partial charge is 0.246 e. The number of nitrogens with zero attached hydrogens (tertiary/aromatic N) is 1. The maximum Gasteiger partial charge on any atom is 0.246 e. The van der Waals surface area contributed by atoms with Crippen molar-refractivity contribution in [3.8, 4) is 0 Å². The van der Waals surface area contributed by atoms with Crippen molar-refractivity contribution in [2.45, 2.75) is 11.4 Å². The van der Waals surface area contributed by atoms with Gasteiger partial charge in [0.05, 0.1) is 12.5 Å². The van der Waals surface area contributed by atoms with Gasteiger partial charge in [-0.3, -0.25) is 0 Å². The van der Waals surface area contributed by atoms with Crippen molar-refractivity contribution < 1.29 is 17.2 Å². The molecule has 19 heavy (non-hydrogen) atoms. The van der Waals surface area contributed by atoms with Crippen LogP contribution in [0.15, 0.2) is 46.1 Å². The first-order valence-electron chi connectivity index (χ1n) is 5.43. The molecule has 102 valence electrons. The Balaban J connectivity index is 2.33. The van der Waals surface area contributed by atoms with Crippen LogP contribution in [0.25, 0.3) is 0 Å². The highest BCUT2D eigenvalue weighted by atomic mass is 32.2. The van der Waals surface area contributed by atoms with Crippen LogP contribution in [0.4, 0.5) is 10.1 Å². The highest BCUT2D eigenvalue weighted by molar-refractivity contribution is 7.89. The third-order valence-corrected chi connectivity index (χ3v) is 4.45. The Labute approximate surface area is 110 Å². The average molecular weight is 284 g/mol. The van der Waals surface area contributed by atoms with E-state index in [1.54, 1.807) is 6.07 Å². The Hall–Kier alpha value is -1.86. The molecule has 1 heterocycles. The van der Waals surface area contributed by atoms with Crippen LogP contribution in [0.5, 0.6) is 0 Å². The standard InChI is InChI=1S/C12H13FN2O3S/c1-15(7-9-4-5-18-8-9)19(16,17)12-6-10(14)2-3-11(12)13/h2-6,8H,7,14H2,1H3. The molecule has 0 fully saturated rings. The number of rotatable bonds is 4. The number of nitrogen functional groups attached to an aromatic ring is 1. The summed E-state index contributed by atoms with van der Waals surface area (Å²) in [4.78, 5) is -0.432. The molecule has 7 heteroatoms. The molecule has 0 saturated carbocycles. The van der Waals surface area contributed by atoms with Gasteiger partial charge in [0.1, 0.15) is 10.7 Å². The summed E-state index contributed by atoms with van der Waals surface area (Å²) in [5.74, 6) is -0.826. The number of anilines is 1. The SMILES string of the molecule is CN(Cc1ccoc1)S(=O)(=O)c1cc(N)ccc1F. The normalized spacial score (nSPS) is 11.9. The van der Waals surface area contributed by atoms with Crippen molar-refractivity contribution in [1.29, 1.82) is 0 Å². The number of hydrogen-bond donors (Lipinski definition) is 1. The molecule has 2 N–H and O–H groups in total. The average Bonchev–Trinajstić information content (AvgIpc) is 2.85. The lowest BCUT2D eigenvalue weighted by atomic mass is 10.3. The summed E-state index contributed by atoms with van der Waals surface area (Å²) >= 11 is 0. The fourth-order valence-corrected chi connectivity index (χ4v) is 2.86. The van der Waals surface area contributed by atoms with E-state index in [9.17, 15) is 12.8 Å². The van der Waals surface area contributed by atoms with Crippen LogP contribution in [-0.4, -0.2) is 19.8 Å². The third kappa shape index (κ3) is 2.77. The minimum atomic E-state index is -3.93. The van der Waals surface area contributed by atoms with Crippen LogP contribution in [-0.2, 0) is 16.6 Å². The van der Waals surface area contributed by atoms with Gasteiger partial charge in [-0.15, -0.1) is 0 Å². The van der Waals surface area contributed by atoms with E-state index in [0.29, 0.717) is 5.56 Å². The minimum Gasteiger partial charge on any atom is -0.472 e. The first-order chi connectivity index (χ1) is 8.91. The number of halogens is 1. The Morgan fingerprint density at radius 1 is 1.37 bits per heavy atom. The molecule has 5 nitrogen and oxygen atoms in total. The van der Waals surface area contributed by atoms with E-state index in [0.717, 1.165) is 16.4 Å². The Morgan fingerprint density at radius 2 is 2.11 bits per heavy atom. The minimum absolute atomic E-state index is 0.0903. The zero-order valence-electron chi connectivity index (χ0n) is 10.2. The van der Waals surface area contributed by atoms with Gasteiger partial charge in [0.15, 0.2) is 0 Å². The molecule has 2 aromatic rings. The second-order valence-corrected chi connectivity index (χ2v) is 6.10. The summed E-state index contributed by atoms with van der Waals surface area (Å²) in [7, 11) is -2.57. The molecule has 0 amide bonds. The lowest BCUT2D eigenvalue weighted by molar-refractivity contribution is 0.457. The van der Waals surface area contributed by atoms with Gasteiger partial charge in [0, 0.05) is 24.8 Å². The lowest BCUT2D eigenvalue weighted by Gasteiger charge is -2.17. The zero-order valence-corrected chi connectivity index (χ0v) is 11.0. The molecule has 2 rings (SSSR count). The van der Waals surface area contributed by atoms with Gasteiger partial charge in [-0.1, -0.05) is 0 Å². The fourth-order valence-electron chi connectivity index (χ4n) is 1.61. The molecule has 0 saturated heterocycles. The van der Waals surface area contributed by atoms with Crippen LogP contribution in [0.2, 0.25) is 0 Å². The number of hydrogen-bond acceptors (Lipinski definition) is 4. The van der Waals surface area contributed by atoms with Crippen LogP contribution in [0.3, 0.4) is 0 Å². The Kier molecular flexibility index (Phi) is 3.59. The van der Waals surface area contributed by atoms with E-state index in [1.165, 1.54) is 25.6 Å². The van der Waals surface area contributed by atoms with Crippen molar-refractivity contribution in [1.82, 2.24) is 4.31 Å². The van der Waals surface area contributed by atoms with Gasteiger partial charge >= 0.3 is 0 Å². The molecule has 0 spiro atoms. The monoisotopic (exact) mass is 284 g/mol. The first-order valence-corrected chi connectivity index (χ1v) is 6.87. The van der Waals surface area contributed by atoms with Crippen LogP contribution >= 0.6 is 0 Å². The molecular formula is C12H13FN2O3S. The van der Waals surface area contributed by atoms with Gasteiger partial charge in [-0.05, 0) is 24.3 Å². The molecule has 0 aliphatic carbocycles. The molecule has 0 aliphatic heterocycles. The molecule has 1 aromatic carbocycles. The van der Waals surface area contributed by atoms with Gasteiger partial charge in [-0.2, -0.15) is 4.31 Å². The summed E-state index contributed by atoms with van der Waals surface area (Å²) in [5, 5.41) is 0. The quantitative estimate of drug-likeness (QED) is 0.869. The van der Waals surface area contributed by atoms with Gasteiger partial charge in [-0.25, -0.2) is 12.8 Å². The predicted molar refractivity (Wildman–Crippen MR) is 68.2 cm³/mol. The maximum absolute atomic E-state index is 13.6.